The highest BCUT2D eigenvalue weighted by atomic mass is 16.2. The molecule has 1 aromatic rings. The molecule has 2 aliphatic rings. The van der Waals surface area contributed by atoms with Crippen molar-refractivity contribution in [2.24, 2.45) is 5.41 Å². The Hall–Kier alpha value is -1.42. The number of hydrogen-bond acceptors (Lipinski definition) is 3. The molecule has 2 saturated carbocycles. The highest BCUT2D eigenvalue weighted by Gasteiger charge is 2.39. The van der Waals surface area contributed by atoms with Crippen LogP contribution in [0.15, 0.2) is 24.5 Å². The van der Waals surface area contributed by atoms with Crippen molar-refractivity contribution >= 4 is 11.6 Å². The molecule has 0 unspecified atom stereocenters. The fourth-order valence-electron chi connectivity index (χ4n) is 3.88. The molecule has 0 bridgehead atoms. The van der Waals surface area contributed by atoms with Crippen LogP contribution in [-0.4, -0.2) is 23.5 Å². The first kappa shape index (κ1) is 15.5. The molecule has 3 rings (SSSR count). The van der Waals surface area contributed by atoms with Crippen molar-refractivity contribution in [3.63, 3.8) is 0 Å². The molecule has 4 nitrogen and oxygen atoms in total. The molecule has 4 heteroatoms. The lowest BCUT2D eigenvalue weighted by atomic mass is 9.73. The van der Waals surface area contributed by atoms with Gasteiger partial charge in [0.05, 0.1) is 5.41 Å². The summed E-state index contributed by atoms with van der Waals surface area (Å²) >= 11 is 0. The molecule has 2 fully saturated rings. The highest BCUT2D eigenvalue weighted by Crippen LogP contribution is 2.37. The number of rotatable bonds is 5. The Labute approximate surface area is 133 Å². The average molecular weight is 301 g/mol. The summed E-state index contributed by atoms with van der Waals surface area (Å²) in [5, 5.41) is 6.79. The Kier molecular flexibility index (Phi) is 5.08. The number of carbonyl (C=O) groups is 1. The first-order valence-electron chi connectivity index (χ1n) is 8.73. The molecule has 1 amide bonds. The lowest BCUT2D eigenvalue weighted by molar-refractivity contribution is -0.127. The van der Waals surface area contributed by atoms with Gasteiger partial charge < -0.3 is 10.6 Å². The van der Waals surface area contributed by atoms with E-state index in [9.17, 15) is 4.79 Å². The Bertz CT molecular complexity index is 476. The van der Waals surface area contributed by atoms with E-state index in [0.29, 0.717) is 6.04 Å². The molecule has 0 spiro atoms. The summed E-state index contributed by atoms with van der Waals surface area (Å²) in [6.45, 7) is 0.828. The van der Waals surface area contributed by atoms with Crippen LogP contribution in [0.2, 0.25) is 0 Å². The van der Waals surface area contributed by atoms with Crippen LogP contribution in [0.5, 0.6) is 0 Å². The number of hydrogen-bond donors (Lipinski definition) is 2. The Morgan fingerprint density at radius 3 is 2.45 bits per heavy atom. The van der Waals surface area contributed by atoms with E-state index in [4.69, 9.17) is 0 Å². The first-order chi connectivity index (χ1) is 10.8. The van der Waals surface area contributed by atoms with E-state index >= 15 is 0 Å². The number of anilines is 1. The van der Waals surface area contributed by atoms with Gasteiger partial charge in [-0.25, -0.2) is 0 Å². The third kappa shape index (κ3) is 3.67. The summed E-state index contributed by atoms with van der Waals surface area (Å²) in [7, 11) is 0. The van der Waals surface area contributed by atoms with Crippen LogP contribution in [0.4, 0.5) is 5.69 Å². The number of pyridine rings is 1. The summed E-state index contributed by atoms with van der Waals surface area (Å²) in [4.78, 5) is 16.9. The second kappa shape index (κ2) is 7.23. The monoisotopic (exact) mass is 301 g/mol. The Morgan fingerprint density at radius 1 is 1.09 bits per heavy atom. The molecule has 1 aromatic heterocycles. The van der Waals surface area contributed by atoms with Gasteiger partial charge in [-0.3, -0.25) is 9.78 Å². The molecule has 22 heavy (non-hydrogen) atoms. The number of aromatic nitrogens is 1. The quantitative estimate of drug-likeness (QED) is 0.875. The smallest absolute Gasteiger partial charge is 0.231 e. The van der Waals surface area contributed by atoms with Crippen molar-refractivity contribution in [1.82, 2.24) is 10.3 Å². The van der Waals surface area contributed by atoms with Crippen LogP contribution in [0.1, 0.15) is 57.8 Å². The van der Waals surface area contributed by atoms with Crippen molar-refractivity contribution in [2.75, 3.05) is 11.9 Å². The molecule has 0 aliphatic heterocycles. The van der Waals surface area contributed by atoms with E-state index in [1.807, 2.05) is 12.1 Å². The van der Waals surface area contributed by atoms with Crippen molar-refractivity contribution in [2.45, 2.75) is 63.8 Å². The largest absolute Gasteiger partial charge is 0.325 e. The van der Waals surface area contributed by atoms with Crippen molar-refractivity contribution in [1.29, 1.82) is 0 Å². The van der Waals surface area contributed by atoms with E-state index in [1.54, 1.807) is 12.4 Å². The maximum absolute atomic E-state index is 12.9. The van der Waals surface area contributed by atoms with Gasteiger partial charge in [0.2, 0.25) is 5.91 Å². The van der Waals surface area contributed by atoms with E-state index in [-0.39, 0.29) is 11.3 Å². The van der Waals surface area contributed by atoms with E-state index < -0.39 is 0 Å². The molecule has 120 valence electrons. The van der Waals surface area contributed by atoms with Crippen LogP contribution in [-0.2, 0) is 4.79 Å². The molecular weight excluding hydrogens is 274 g/mol. The standard InChI is InChI=1S/C18H27N3O/c22-17(21-16-8-12-19-13-9-16)18(10-4-1-5-11-18)14-20-15-6-2-3-7-15/h8-9,12-13,15,20H,1-7,10-11,14H2,(H,19,21,22). The van der Waals surface area contributed by atoms with Crippen molar-refractivity contribution < 1.29 is 4.79 Å². The van der Waals surface area contributed by atoms with Crippen molar-refractivity contribution in [3.05, 3.63) is 24.5 Å². The van der Waals surface area contributed by atoms with Crippen LogP contribution in [0, 0.1) is 5.41 Å². The van der Waals surface area contributed by atoms with Gasteiger partial charge >= 0.3 is 0 Å². The van der Waals surface area contributed by atoms with Gasteiger partial charge in [0.15, 0.2) is 0 Å². The number of nitrogens with zero attached hydrogens (tertiary/aromatic N) is 1. The average Bonchev–Trinajstić information content (AvgIpc) is 3.08. The van der Waals surface area contributed by atoms with Crippen LogP contribution in [0.3, 0.4) is 0 Å². The third-order valence-corrected chi connectivity index (χ3v) is 5.31. The zero-order chi connectivity index (χ0) is 15.3. The molecule has 0 atom stereocenters. The summed E-state index contributed by atoms with van der Waals surface area (Å²) in [6, 6.07) is 4.34. The number of carbonyl (C=O) groups excluding carboxylic acids is 1. The van der Waals surface area contributed by atoms with E-state index in [0.717, 1.165) is 37.9 Å². The zero-order valence-electron chi connectivity index (χ0n) is 13.3. The first-order valence-corrected chi connectivity index (χ1v) is 8.73. The third-order valence-electron chi connectivity index (χ3n) is 5.31. The van der Waals surface area contributed by atoms with Gasteiger partial charge in [0.25, 0.3) is 0 Å². The predicted molar refractivity (Wildman–Crippen MR) is 88.6 cm³/mol. The topological polar surface area (TPSA) is 54.0 Å². The van der Waals surface area contributed by atoms with Gasteiger partial charge in [0.1, 0.15) is 0 Å². The minimum Gasteiger partial charge on any atom is -0.325 e. The number of nitrogens with one attached hydrogen (secondary N) is 2. The summed E-state index contributed by atoms with van der Waals surface area (Å²) in [6.07, 6.45) is 14.2. The molecule has 0 aromatic carbocycles. The Balaban J connectivity index is 1.66. The van der Waals surface area contributed by atoms with Crippen LogP contribution < -0.4 is 10.6 Å². The minimum absolute atomic E-state index is 0.184. The summed E-state index contributed by atoms with van der Waals surface area (Å²) < 4.78 is 0. The zero-order valence-corrected chi connectivity index (χ0v) is 13.3. The van der Waals surface area contributed by atoms with Gasteiger partial charge in [-0.15, -0.1) is 0 Å². The molecule has 0 saturated heterocycles. The van der Waals surface area contributed by atoms with Crippen LogP contribution in [0.25, 0.3) is 0 Å². The fraction of sp³-hybridized carbons (Fsp3) is 0.667. The van der Waals surface area contributed by atoms with Gasteiger partial charge in [-0.1, -0.05) is 32.1 Å². The molecule has 2 aliphatic carbocycles. The predicted octanol–water partition coefficient (Wildman–Crippen LogP) is 3.50. The lowest BCUT2D eigenvalue weighted by Crippen LogP contribution is -2.47. The number of amides is 1. The fourth-order valence-corrected chi connectivity index (χ4v) is 3.88. The van der Waals surface area contributed by atoms with Gasteiger partial charge in [0, 0.05) is 30.7 Å². The lowest BCUT2D eigenvalue weighted by Gasteiger charge is -2.37. The van der Waals surface area contributed by atoms with Crippen molar-refractivity contribution in [3.8, 4) is 0 Å². The van der Waals surface area contributed by atoms with Gasteiger partial charge in [-0.05, 0) is 37.8 Å². The second-order valence-corrected chi connectivity index (χ2v) is 6.89. The summed E-state index contributed by atoms with van der Waals surface area (Å²) in [5.41, 5.74) is 0.621. The normalized spacial score (nSPS) is 21.6. The maximum Gasteiger partial charge on any atom is 0.231 e. The minimum atomic E-state index is -0.232. The molecule has 2 N–H and O–H groups in total. The Morgan fingerprint density at radius 2 is 1.77 bits per heavy atom. The SMILES string of the molecule is O=C(Nc1ccncc1)C1(CNC2CCCC2)CCCCC1. The molecular formula is C18H27N3O. The summed E-state index contributed by atoms with van der Waals surface area (Å²) in [5.74, 6) is 0.184. The van der Waals surface area contributed by atoms with E-state index in [1.165, 1.54) is 32.1 Å². The highest BCUT2D eigenvalue weighted by molar-refractivity contribution is 5.95. The maximum atomic E-state index is 12.9. The second-order valence-electron chi connectivity index (χ2n) is 6.89. The van der Waals surface area contributed by atoms with Crippen LogP contribution >= 0.6 is 0 Å². The van der Waals surface area contributed by atoms with E-state index in [2.05, 4.69) is 15.6 Å². The molecule has 0 radical (unpaired) electrons. The molecule has 1 heterocycles. The van der Waals surface area contributed by atoms with Gasteiger partial charge in [-0.2, -0.15) is 0 Å².